The van der Waals surface area contributed by atoms with Crippen LogP contribution in [0.5, 0.6) is 0 Å². The minimum Gasteiger partial charge on any atom is -0.384 e. The first kappa shape index (κ1) is 28.0. The number of carbonyl (C=O) groups excluding carboxylic acids is 1. The highest BCUT2D eigenvalue weighted by Crippen LogP contribution is 2.47. The van der Waals surface area contributed by atoms with Crippen molar-refractivity contribution in [3.8, 4) is 6.07 Å². The van der Waals surface area contributed by atoms with Crippen LogP contribution in [-0.2, 0) is 9.53 Å². The Balaban J connectivity index is 1.58. The van der Waals surface area contributed by atoms with Gasteiger partial charge in [-0.3, -0.25) is 9.69 Å². The number of hydrogen-bond donors (Lipinski definition) is 0. The van der Waals surface area contributed by atoms with Crippen molar-refractivity contribution in [1.82, 2.24) is 19.9 Å². The van der Waals surface area contributed by atoms with Gasteiger partial charge in [-0.25, -0.2) is 15.0 Å². The van der Waals surface area contributed by atoms with Crippen LogP contribution in [0, 0.1) is 11.3 Å². The lowest BCUT2D eigenvalue weighted by molar-refractivity contribution is -0.134. The molecular formula is C32H35N7O2. The average molecular weight is 550 g/mol. The molecule has 4 heterocycles. The minimum absolute atomic E-state index is 0.0151. The van der Waals surface area contributed by atoms with Gasteiger partial charge in [0.2, 0.25) is 5.91 Å². The third-order valence-corrected chi connectivity index (χ3v) is 7.57. The predicted octanol–water partition coefficient (Wildman–Crippen LogP) is 5.45. The van der Waals surface area contributed by atoms with E-state index in [2.05, 4.69) is 34.1 Å². The van der Waals surface area contributed by atoms with E-state index in [1.807, 2.05) is 47.1 Å². The van der Waals surface area contributed by atoms with Crippen molar-refractivity contribution in [1.29, 1.82) is 5.26 Å². The van der Waals surface area contributed by atoms with Gasteiger partial charge in [-0.2, -0.15) is 5.26 Å². The normalized spacial score (nSPS) is 16.7. The van der Waals surface area contributed by atoms with Gasteiger partial charge in [0.25, 0.3) is 0 Å². The van der Waals surface area contributed by atoms with E-state index in [9.17, 15) is 10.1 Å². The van der Waals surface area contributed by atoms with Gasteiger partial charge in [-0.1, -0.05) is 25.3 Å². The number of pyridine rings is 3. The highest BCUT2D eigenvalue weighted by atomic mass is 16.5. The Morgan fingerprint density at radius 2 is 1.78 bits per heavy atom. The molecule has 3 aromatic rings. The predicted molar refractivity (Wildman–Crippen MR) is 161 cm³/mol. The van der Waals surface area contributed by atoms with E-state index < -0.39 is 0 Å². The fraction of sp³-hybridized carbons (Fsp3) is 0.344. The van der Waals surface area contributed by atoms with Crippen LogP contribution < -0.4 is 9.80 Å². The Morgan fingerprint density at radius 3 is 2.32 bits per heavy atom. The van der Waals surface area contributed by atoms with Crippen LogP contribution in [0.15, 0.2) is 55.9 Å². The molecule has 1 saturated heterocycles. The number of nitrogens with zero attached hydrogens (tertiary/aromatic N) is 7. The van der Waals surface area contributed by atoms with Crippen molar-refractivity contribution in [3.05, 3.63) is 78.3 Å². The van der Waals surface area contributed by atoms with Crippen molar-refractivity contribution in [2.75, 3.05) is 43.2 Å². The third kappa shape index (κ3) is 5.98. The molecule has 0 radical (unpaired) electrons. The Morgan fingerprint density at radius 1 is 1.12 bits per heavy atom. The molecule has 0 N–H and O–H groups in total. The molecule has 9 heteroatoms. The lowest BCUT2D eigenvalue weighted by Crippen LogP contribution is -2.54. The first-order chi connectivity index (χ1) is 20.0. The molecule has 0 aromatic carbocycles. The Hall–Kier alpha value is -4.55. The van der Waals surface area contributed by atoms with Gasteiger partial charge in [-0.05, 0) is 61.2 Å². The van der Waals surface area contributed by atoms with E-state index in [-0.39, 0.29) is 17.9 Å². The second-order valence-corrected chi connectivity index (χ2v) is 10.4. The van der Waals surface area contributed by atoms with Gasteiger partial charge >= 0.3 is 0 Å². The molecule has 2 aliphatic rings. The van der Waals surface area contributed by atoms with Crippen LogP contribution >= 0.6 is 0 Å². The number of anilines is 4. The zero-order chi connectivity index (χ0) is 28.9. The van der Waals surface area contributed by atoms with Crippen LogP contribution in [0.1, 0.15) is 54.5 Å². The van der Waals surface area contributed by atoms with E-state index >= 15 is 0 Å². The Kier molecular flexibility index (Phi) is 8.41. The number of rotatable bonds is 10. The summed E-state index contributed by atoms with van der Waals surface area (Å²) in [6.45, 7) is 12.1. The van der Waals surface area contributed by atoms with Crippen molar-refractivity contribution >= 4 is 41.2 Å². The van der Waals surface area contributed by atoms with Crippen molar-refractivity contribution in [2.45, 2.75) is 38.1 Å². The molecule has 1 unspecified atom stereocenters. The number of ether oxygens (including phenoxy) is 1. The first-order valence-electron chi connectivity index (χ1n) is 13.9. The fourth-order valence-corrected chi connectivity index (χ4v) is 5.25. The molecule has 9 nitrogen and oxygen atoms in total. The number of methoxy groups -OCH3 is 1. The first-order valence-corrected chi connectivity index (χ1v) is 13.9. The summed E-state index contributed by atoms with van der Waals surface area (Å²) < 4.78 is 5.09. The van der Waals surface area contributed by atoms with Crippen molar-refractivity contribution in [2.24, 2.45) is 0 Å². The van der Waals surface area contributed by atoms with Crippen molar-refractivity contribution < 1.29 is 9.53 Å². The lowest BCUT2D eigenvalue weighted by Gasteiger charge is -2.41. The maximum Gasteiger partial charge on any atom is 0.225 e. The van der Waals surface area contributed by atoms with Gasteiger partial charge in [0.05, 0.1) is 30.0 Å². The molecular weight excluding hydrogens is 514 g/mol. The van der Waals surface area contributed by atoms with Gasteiger partial charge in [-0.15, -0.1) is 0 Å². The summed E-state index contributed by atoms with van der Waals surface area (Å²) in [6.07, 6.45) is 9.46. The summed E-state index contributed by atoms with van der Waals surface area (Å²) in [5.74, 6) is 2.34. The van der Waals surface area contributed by atoms with Gasteiger partial charge in [0.1, 0.15) is 23.5 Å². The van der Waals surface area contributed by atoms with E-state index in [0.29, 0.717) is 55.7 Å². The summed E-state index contributed by atoms with van der Waals surface area (Å²) in [7, 11) is 1.60. The Bertz CT molecular complexity index is 1440. The lowest BCUT2D eigenvalue weighted by atomic mass is 10.1. The third-order valence-electron chi connectivity index (χ3n) is 7.57. The van der Waals surface area contributed by atoms with E-state index in [0.717, 1.165) is 35.3 Å². The highest BCUT2D eigenvalue weighted by Gasteiger charge is 2.35. The van der Waals surface area contributed by atoms with Crippen LogP contribution in [0.3, 0.4) is 0 Å². The molecule has 1 atom stereocenters. The molecule has 1 aliphatic carbocycles. The molecule has 1 amide bonds. The average Bonchev–Trinajstić information content (AvgIpc) is 3.85. The van der Waals surface area contributed by atoms with Gasteiger partial charge in [0.15, 0.2) is 0 Å². The minimum atomic E-state index is -0.0151. The second-order valence-electron chi connectivity index (χ2n) is 10.4. The van der Waals surface area contributed by atoms with Crippen LogP contribution in [0.4, 0.5) is 23.1 Å². The number of piperazine rings is 1. The topological polar surface area (TPSA) is 98.5 Å². The molecule has 41 heavy (non-hydrogen) atoms. The van der Waals surface area contributed by atoms with Gasteiger partial charge in [0, 0.05) is 51.1 Å². The smallest absolute Gasteiger partial charge is 0.225 e. The summed E-state index contributed by atoms with van der Waals surface area (Å²) in [4.78, 5) is 33.3. The quantitative estimate of drug-likeness (QED) is 0.329. The number of amides is 1. The van der Waals surface area contributed by atoms with Crippen molar-refractivity contribution in [3.63, 3.8) is 0 Å². The summed E-state index contributed by atoms with van der Waals surface area (Å²) >= 11 is 0. The molecule has 1 aliphatic heterocycles. The number of carbonyl (C=O) groups is 1. The molecule has 0 spiro atoms. The number of hydrogen-bond acceptors (Lipinski definition) is 8. The standard InChI is InChI=1S/C32H35N7O2/c1-5-23-9-12-34-28(17-23)39(29-18-24(6-2)10-13-35-29)27-19-26(20-33)32(36-31(27)25-7-8-25)37-14-15-38(22(3)21-37)30(40)11-16-41-4/h5-6,9-10,12-13,17-19,22,25H,1-2,7-8,11,14-16,21H2,3-4H3. The van der Waals surface area contributed by atoms with Crippen LogP contribution in [0.2, 0.25) is 0 Å². The molecule has 3 aromatic heterocycles. The van der Waals surface area contributed by atoms with Gasteiger partial charge < -0.3 is 14.5 Å². The van der Waals surface area contributed by atoms with Crippen LogP contribution in [0.25, 0.3) is 12.2 Å². The zero-order valence-corrected chi connectivity index (χ0v) is 23.7. The summed E-state index contributed by atoms with van der Waals surface area (Å²) in [6, 6.07) is 12.0. The van der Waals surface area contributed by atoms with E-state index in [4.69, 9.17) is 9.72 Å². The monoisotopic (exact) mass is 549 g/mol. The highest BCUT2D eigenvalue weighted by molar-refractivity contribution is 5.79. The largest absolute Gasteiger partial charge is 0.384 e. The maximum absolute atomic E-state index is 12.7. The summed E-state index contributed by atoms with van der Waals surface area (Å²) in [5.41, 5.74) is 4.02. The maximum atomic E-state index is 12.7. The number of aromatic nitrogens is 3. The fourth-order valence-electron chi connectivity index (χ4n) is 5.25. The second kappa shape index (κ2) is 12.3. The van der Waals surface area contributed by atoms with Crippen LogP contribution in [-0.4, -0.2) is 65.2 Å². The zero-order valence-electron chi connectivity index (χ0n) is 23.7. The molecule has 0 bridgehead atoms. The molecule has 2 fully saturated rings. The Labute approximate surface area is 241 Å². The molecule has 5 rings (SSSR count). The summed E-state index contributed by atoms with van der Waals surface area (Å²) in [5, 5.41) is 10.3. The molecule has 1 saturated carbocycles. The van der Waals surface area contributed by atoms with E-state index in [1.54, 1.807) is 31.7 Å². The molecule has 210 valence electrons. The SMILES string of the molecule is C=Cc1ccnc(N(c2cc(C=C)ccn2)c2cc(C#N)c(N3CCN(C(=O)CCOC)C(C)C3)nc2C2CC2)c1. The number of nitriles is 1. The van der Waals surface area contributed by atoms with E-state index in [1.165, 1.54) is 0 Å².